The SMILES string of the molecule is CCN(Cc1ccccc1)C1=C(c2cccs2)C(=O)N(Cc2ccc(Cl)cc2)C1=O. The van der Waals surface area contributed by atoms with Gasteiger partial charge in [0.05, 0.1) is 12.1 Å². The summed E-state index contributed by atoms with van der Waals surface area (Å²) in [4.78, 5) is 31.0. The molecule has 0 N–H and O–H groups in total. The number of halogens is 1. The fourth-order valence-corrected chi connectivity index (χ4v) is 4.46. The van der Waals surface area contributed by atoms with Crippen molar-refractivity contribution in [3.05, 3.63) is 98.8 Å². The van der Waals surface area contributed by atoms with Crippen LogP contribution in [0.5, 0.6) is 0 Å². The van der Waals surface area contributed by atoms with Crippen molar-refractivity contribution in [2.45, 2.75) is 20.0 Å². The minimum atomic E-state index is -0.254. The average molecular weight is 437 g/mol. The smallest absolute Gasteiger partial charge is 0.278 e. The van der Waals surface area contributed by atoms with Gasteiger partial charge in [0.15, 0.2) is 0 Å². The summed E-state index contributed by atoms with van der Waals surface area (Å²) in [6.07, 6.45) is 0. The van der Waals surface area contributed by atoms with Crippen molar-refractivity contribution >= 4 is 40.3 Å². The lowest BCUT2D eigenvalue weighted by Gasteiger charge is -2.25. The predicted molar refractivity (Wildman–Crippen MR) is 121 cm³/mol. The molecule has 0 radical (unpaired) electrons. The van der Waals surface area contributed by atoms with Gasteiger partial charge in [0, 0.05) is 23.0 Å². The average Bonchev–Trinajstić information content (AvgIpc) is 3.37. The summed E-state index contributed by atoms with van der Waals surface area (Å²) in [7, 11) is 0. The number of nitrogens with zero attached hydrogens (tertiary/aromatic N) is 2. The normalized spacial score (nSPS) is 14.0. The maximum absolute atomic E-state index is 13.5. The van der Waals surface area contributed by atoms with E-state index in [-0.39, 0.29) is 18.4 Å². The van der Waals surface area contributed by atoms with E-state index in [1.165, 1.54) is 16.2 Å². The van der Waals surface area contributed by atoms with E-state index in [0.29, 0.717) is 29.4 Å². The van der Waals surface area contributed by atoms with Crippen LogP contribution >= 0.6 is 22.9 Å². The lowest BCUT2D eigenvalue weighted by Crippen LogP contribution is -2.34. The van der Waals surface area contributed by atoms with Gasteiger partial charge in [0.1, 0.15) is 5.70 Å². The van der Waals surface area contributed by atoms with E-state index >= 15 is 0 Å². The van der Waals surface area contributed by atoms with Crippen LogP contribution in [0.3, 0.4) is 0 Å². The van der Waals surface area contributed by atoms with Crippen LogP contribution in [0, 0.1) is 0 Å². The maximum atomic E-state index is 13.5. The molecule has 0 saturated heterocycles. The summed E-state index contributed by atoms with van der Waals surface area (Å²) in [6.45, 7) is 3.40. The van der Waals surface area contributed by atoms with Crippen molar-refractivity contribution in [2.24, 2.45) is 0 Å². The van der Waals surface area contributed by atoms with Crippen LogP contribution in [0.15, 0.2) is 77.8 Å². The molecule has 3 aromatic rings. The van der Waals surface area contributed by atoms with Gasteiger partial charge in [0.2, 0.25) is 0 Å². The molecule has 2 amide bonds. The van der Waals surface area contributed by atoms with E-state index in [4.69, 9.17) is 11.6 Å². The molecule has 1 aromatic heterocycles. The number of carbonyl (C=O) groups is 2. The molecule has 0 spiro atoms. The summed E-state index contributed by atoms with van der Waals surface area (Å²) in [5, 5.41) is 2.54. The van der Waals surface area contributed by atoms with E-state index in [0.717, 1.165) is 16.0 Å². The molecule has 1 aliphatic rings. The number of rotatable bonds is 7. The lowest BCUT2D eigenvalue weighted by atomic mass is 10.1. The highest BCUT2D eigenvalue weighted by atomic mass is 35.5. The number of likely N-dealkylation sites (N-methyl/N-ethyl adjacent to an activating group) is 1. The minimum absolute atomic E-state index is 0.218. The number of benzene rings is 2. The van der Waals surface area contributed by atoms with Crippen molar-refractivity contribution in [3.8, 4) is 0 Å². The van der Waals surface area contributed by atoms with Crippen molar-refractivity contribution in [3.63, 3.8) is 0 Å². The standard InChI is InChI=1S/C24H21ClN2O2S/c1-2-26(15-17-7-4-3-5-8-17)22-21(20-9-6-14-30-20)23(28)27(24(22)29)16-18-10-12-19(25)13-11-18/h3-14H,2,15-16H2,1H3. The number of imide groups is 1. The fourth-order valence-electron chi connectivity index (χ4n) is 3.57. The highest BCUT2D eigenvalue weighted by Gasteiger charge is 2.41. The molecule has 0 aliphatic carbocycles. The predicted octanol–water partition coefficient (Wildman–Crippen LogP) is 5.20. The molecule has 1 aliphatic heterocycles. The monoisotopic (exact) mass is 436 g/mol. The Labute approximate surface area is 185 Å². The van der Waals surface area contributed by atoms with Crippen LogP contribution in [-0.2, 0) is 22.7 Å². The van der Waals surface area contributed by atoms with Gasteiger partial charge < -0.3 is 4.90 Å². The molecule has 2 aromatic carbocycles. The molecule has 0 bridgehead atoms. The molecule has 4 nitrogen and oxygen atoms in total. The molecule has 0 atom stereocenters. The van der Waals surface area contributed by atoms with Crippen molar-refractivity contribution in [1.82, 2.24) is 9.80 Å². The summed E-state index contributed by atoms with van der Waals surface area (Å²) in [5.41, 5.74) is 2.91. The van der Waals surface area contributed by atoms with Crippen molar-refractivity contribution in [2.75, 3.05) is 6.54 Å². The molecule has 4 rings (SSSR count). The second-order valence-electron chi connectivity index (χ2n) is 7.02. The first-order valence-electron chi connectivity index (χ1n) is 9.76. The van der Waals surface area contributed by atoms with E-state index in [1.807, 2.05) is 71.8 Å². The van der Waals surface area contributed by atoms with Crippen LogP contribution in [0.2, 0.25) is 5.02 Å². The topological polar surface area (TPSA) is 40.6 Å². The molecule has 0 saturated carbocycles. The fraction of sp³-hybridized carbons (Fsp3) is 0.167. The first-order valence-corrected chi connectivity index (χ1v) is 11.0. The largest absolute Gasteiger partial charge is 0.362 e. The van der Waals surface area contributed by atoms with Gasteiger partial charge in [-0.05, 0) is 41.6 Å². The van der Waals surface area contributed by atoms with Crippen LogP contribution in [0.25, 0.3) is 5.57 Å². The maximum Gasteiger partial charge on any atom is 0.278 e. The molecular formula is C24H21ClN2O2S. The first-order chi connectivity index (χ1) is 14.6. The van der Waals surface area contributed by atoms with Gasteiger partial charge >= 0.3 is 0 Å². The van der Waals surface area contributed by atoms with Crippen LogP contribution in [0.4, 0.5) is 0 Å². The summed E-state index contributed by atoms with van der Waals surface area (Å²) in [6, 6.07) is 21.0. The Kier molecular flexibility index (Phi) is 6.02. The number of thiophene rings is 1. The first kappa shape index (κ1) is 20.4. The zero-order chi connectivity index (χ0) is 21.1. The van der Waals surface area contributed by atoms with Crippen LogP contribution < -0.4 is 0 Å². The van der Waals surface area contributed by atoms with Gasteiger partial charge in [0.25, 0.3) is 11.8 Å². The third-order valence-corrected chi connectivity index (χ3v) is 6.22. The molecule has 2 heterocycles. The third-order valence-electron chi connectivity index (χ3n) is 5.08. The molecular weight excluding hydrogens is 416 g/mol. The number of hydrogen-bond acceptors (Lipinski definition) is 4. The second-order valence-corrected chi connectivity index (χ2v) is 8.41. The molecule has 0 fully saturated rings. The Morgan fingerprint density at radius 3 is 2.27 bits per heavy atom. The van der Waals surface area contributed by atoms with Crippen molar-refractivity contribution in [1.29, 1.82) is 0 Å². The number of hydrogen-bond donors (Lipinski definition) is 0. The Balaban J connectivity index is 1.71. The Hall–Kier alpha value is -2.89. The van der Waals surface area contributed by atoms with E-state index in [1.54, 1.807) is 12.1 Å². The highest BCUT2D eigenvalue weighted by Crippen LogP contribution is 2.35. The summed E-state index contributed by atoms with van der Waals surface area (Å²) in [5.74, 6) is -0.505. The molecule has 152 valence electrons. The quantitative estimate of drug-likeness (QED) is 0.478. The zero-order valence-electron chi connectivity index (χ0n) is 16.5. The van der Waals surface area contributed by atoms with E-state index in [2.05, 4.69) is 0 Å². The number of carbonyl (C=O) groups excluding carboxylic acids is 2. The Bertz CT molecular complexity index is 1080. The summed E-state index contributed by atoms with van der Waals surface area (Å²) < 4.78 is 0. The van der Waals surface area contributed by atoms with Crippen LogP contribution in [0.1, 0.15) is 22.9 Å². The molecule has 30 heavy (non-hydrogen) atoms. The van der Waals surface area contributed by atoms with Gasteiger partial charge in [-0.2, -0.15) is 0 Å². The van der Waals surface area contributed by atoms with Gasteiger partial charge in [-0.15, -0.1) is 11.3 Å². The van der Waals surface area contributed by atoms with Gasteiger partial charge in [-0.25, -0.2) is 0 Å². The van der Waals surface area contributed by atoms with Gasteiger partial charge in [-0.1, -0.05) is 60.1 Å². The van der Waals surface area contributed by atoms with Gasteiger partial charge in [-0.3, -0.25) is 14.5 Å². The second kappa shape index (κ2) is 8.86. The third kappa shape index (κ3) is 4.04. The lowest BCUT2D eigenvalue weighted by molar-refractivity contribution is -0.138. The van der Waals surface area contributed by atoms with E-state index in [9.17, 15) is 9.59 Å². The zero-order valence-corrected chi connectivity index (χ0v) is 18.1. The minimum Gasteiger partial charge on any atom is -0.362 e. The van der Waals surface area contributed by atoms with Crippen molar-refractivity contribution < 1.29 is 9.59 Å². The highest BCUT2D eigenvalue weighted by molar-refractivity contribution is 7.11. The number of amides is 2. The van der Waals surface area contributed by atoms with Crippen LogP contribution in [-0.4, -0.2) is 28.2 Å². The van der Waals surface area contributed by atoms with E-state index < -0.39 is 0 Å². The molecule has 0 unspecified atom stereocenters. The Morgan fingerprint density at radius 2 is 1.63 bits per heavy atom. The molecule has 6 heteroatoms. The Morgan fingerprint density at radius 1 is 0.900 bits per heavy atom. The summed E-state index contributed by atoms with van der Waals surface area (Å²) >= 11 is 7.45.